The van der Waals surface area contributed by atoms with E-state index in [4.69, 9.17) is 9.26 Å². The van der Waals surface area contributed by atoms with Crippen LogP contribution in [0.4, 0.5) is 0 Å². The van der Waals surface area contributed by atoms with Gasteiger partial charge in [0.25, 0.3) is 5.82 Å². The zero-order chi connectivity index (χ0) is 14.5. The van der Waals surface area contributed by atoms with Crippen molar-refractivity contribution in [1.29, 1.82) is 0 Å². The van der Waals surface area contributed by atoms with Crippen LogP contribution in [0, 0.1) is 5.92 Å². The van der Waals surface area contributed by atoms with Gasteiger partial charge < -0.3 is 9.26 Å². The molecule has 108 valence electrons. The van der Waals surface area contributed by atoms with Crippen molar-refractivity contribution in [3.63, 3.8) is 0 Å². The summed E-state index contributed by atoms with van der Waals surface area (Å²) in [5.41, 5.74) is 0. The van der Waals surface area contributed by atoms with E-state index < -0.39 is 5.97 Å². The minimum Gasteiger partial charge on any atom is -0.460 e. The van der Waals surface area contributed by atoms with E-state index in [1.54, 1.807) is 6.92 Å². The maximum atomic E-state index is 11.6. The molecule has 2 aromatic rings. The molecule has 2 heterocycles. The van der Waals surface area contributed by atoms with Gasteiger partial charge in [0.15, 0.2) is 5.82 Å². The second kappa shape index (κ2) is 6.22. The number of hydrogen-bond acceptors (Lipinski definition) is 8. The normalized spacial score (nSPS) is 11.0. The molecule has 9 nitrogen and oxygen atoms in total. The molecule has 0 unspecified atom stereocenters. The summed E-state index contributed by atoms with van der Waals surface area (Å²) in [5.74, 6) is 0.830. The second-order valence-electron chi connectivity index (χ2n) is 4.58. The molecule has 0 aliphatic heterocycles. The zero-order valence-electron chi connectivity index (χ0n) is 11.6. The van der Waals surface area contributed by atoms with E-state index >= 15 is 0 Å². The summed E-state index contributed by atoms with van der Waals surface area (Å²) in [6.45, 7) is 6.24. The predicted octanol–water partition coefficient (Wildman–Crippen LogP) is 0.480. The van der Waals surface area contributed by atoms with Gasteiger partial charge in [-0.05, 0) is 23.3 Å². The third-order valence-electron chi connectivity index (χ3n) is 2.37. The van der Waals surface area contributed by atoms with E-state index in [1.807, 2.05) is 0 Å². The van der Waals surface area contributed by atoms with Gasteiger partial charge in [0, 0.05) is 6.42 Å². The van der Waals surface area contributed by atoms with Crippen LogP contribution < -0.4 is 0 Å². The molecule has 0 aliphatic carbocycles. The first-order valence-electron chi connectivity index (χ1n) is 6.35. The van der Waals surface area contributed by atoms with Crippen LogP contribution in [0.2, 0.25) is 0 Å². The lowest BCUT2D eigenvalue weighted by molar-refractivity contribution is 0.0505. The van der Waals surface area contributed by atoms with Crippen molar-refractivity contribution in [3.8, 4) is 0 Å². The number of rotatable bonds is 6. The molecule has 0 saturated carbocycles. The SMILES string of the molecule is CCOC(=O)c1nnnn1Cc1noc(CC(C)C)n1. The van der Waals surface area contributed by atoms with Crippen LogP contribution in [0.5, 0.6) is 0 Å². The van der Waals surface area contributed by atoms with Gasteiger partial charge in [-0.3, -0.25) is 0 Å². The van der Waals surface area contributed by atoms with E-state index in [0.717, 1.165) is 0 Å². The molecule has 0 bridgehead atoms. The van der Waals surface area contributed by atoms with E-state index in [9.17, 15) is 4.79 Å². The van der Waals surface area contributed by atoms with Crippen molar-refractivity contribution in [2.45, 2.75) is 33.7 Å². The van der Waals surface area contributed by atoms with Crippen LogP contribution in [0.3, 0.4) is 0 Å². The molecule has 0 radical (unpaired) electrons. The van der Waals surface area contributed by atoms with Gasteiger partial charge in [0.1, 0.15) is 6.54 Å². The highest BCUT2D eigenvalue weighted by atomic mass is 16.5. The van der Waals surface area contributed by atoms with Crippen LogP contribution >= 0.6 is 0 Å². The summed E-state index contributed by atoms with van der Waals surface area (Å²) >= 11 is 0. The van der Waals surface area contributed by atoms with Gasteiger partial charge in [0.05, 0.1) is 6.61 Å². The Morgan fingerprint density at radius 3 is 2.95 bits per heavy atom. The van der Waals surface area contributed by atoms with E-state index in [-0.39, 0.29) is 19.0 Å². The molecular formula is C11H16N6O3. The fourth-order valence-corrected chi connectivity index (χ4v) is 1.57. The zero-order valence-corrected chi connectivity index (χ0v) is 11.6. The minimum absolute atomic E-state index is 0.0158. The Kier molecular flexibility index (Phi) is 4.38. The number of tetrazole rings is 1. The largest absolute Gasteiger partial charge is 0.460 e. The van der Waals surface area contributed by atoms with Crippen LogP contribution in [0.25, 0.3) is 0 Å². The fraction of sp³-hybridized carbons (Fsp3) is 0.636. The van der Waals surface area contributed by atoms with Gasteiger partial charge in [-0.2, -0.15) is 4.98 Å². The molecular weight excluding hydrogens is 264 g/mol. The predicted molar refractivity (Wildman–Crippen MR) is 65.7 cm³/mol. The molecule has 20 heavy (non-hydrogen) atoms. The molecule has 0 fully saturated rings. The topological polar surface area (TPSA) is 109 Å². The standard InChI is InChI=1S/C11H16N6O3/c1-4-19-11(18)10-13-15-16-17(10)6-8-12-9(20-14-8)5-7(2)3/h7H,4-6H2,1-3H3. The average molecular weight is 280 g/mol. The molecule has 0 saturated heterocycles. The third-order valence-corrected chi connectivity index (χ3v) is 2.37. The number of esters is 1. The Hall–Kier alpha value is -2.32. The molecule has 0 atom stereocenters. The third kappa shape index (κ3) is 3.37. The Balaban J connectivity index is 2.08. The molecule has 2 rings (SSSR count). The van der Waals surface area contributed by atoms with E-state index in [1.165, 1.54) is 4.68 Å². The highest BCUT2D eigenvalue weighted by Gasteiger charge is 2.18. The molecule has 0 aliphatic rings. The first-order valence-corrected chi connectivity index (χ1v) is 6.35. The quantitative estimate of drug-likeness (QED) is 0.703. The number of nitrogens with zero attached hydrogens (tertiary/aromatic N) is 6. The van der Waals surface area contributed by atoms with Crippen molar-refractivity contribution in [2.75, 3.05) is 6.61 Å². The number of carbonyl (C=O) groups is 1. The van der Waals surface area contributed by atoms with Crippen molar-refractivity contribution in [1.82, 2.24) is 30.3 Å². The molecule has 0 amide bonds. The molecule has 0 aromatic carbocycles. The van der Waals surface area contributed by atoms with Gasteiger partial charge in [-0.15, -0.1) is 5.10 Å². The number of ether oxygens (including phenoxy) is 1. The molecule has 0 N–H and O–H groups in total. The van der Waals surface area contributed by atoms with Crippen LogP contribution in [-0.2, 0) is 17.7 Å². The van der Waals surface area contributed by atoms with Gasteiger partial charge in [-0.25, -0.2) is 9.48 Å². The van der Waals surface area contributed by atoms with E-state index in [2.05, 4.69) is 39.5 Å². The minimum atomic E-state index is -0.580. The molecule has 0 spiro atoms. The monoisotopic (exact) mass is 280 g/mol. The summed E-state index contributed by atoms with van der Waals surface area (Å²) in [5, 5.41) is 14.6. The number of aromatic nitrogens is 6. The van der Waals surface area contributed by atoms with Crippen molar-refractivity contribution >= 4 is 5.97 Å². The average Bonchev–Trinajstić information content (AvgIpc) is 2.99. The van der Waals surface area contributed by atoms with Crippen molar-refractivity contribution in [2.24, 2.45) is 5.92 Å². The highest BCUT2D eigenvalue weighted by Crippen LogP contribution is 2.07. The first kappa shape index (κ1) is 14.1. The van der Waals surface area contributed by atoms with Gasteiger partial charge in [-0.1, -0.05) is 19.0 Å². The highest BCUT2D eigenvalue weighted by molar-refractivity contribution is 5.85. The Bertz CT molecular complexity index is 576. The van der Waals surface area contributed by atoms with Gasteiger partial charge in [0.2, 0.25) is 5.89 Å². The fourth-order valence-electron chi connectivity index (χ4n) is 1.57. The summed E-state index contributed by atoms with van der Waals surface area (Å²) in [6, 6.07) is 0. The second-order valence-corrected chi connectivity index (χ2v) is 4.58. The summed E-state index contributed by atoms with van der Waals surface area (Å²) in [7, 11) is 0. The van der Waals surface area contributed by atoms with Gasteiger partial charge >= 0.3 is 5.97 Å². The maximum Gasteiger partial charge on any atom is 0.378 e. The first-order chi connectivity index (χ1) is 9.60. The lowest BCUT2D eigenvalue weighted by Crippen LogP contribution is -2.15. The number of carbonyl (C=O) groups excluding carboxylic acids is 1. The summed E-state index contributed by atoms with van der Waals surface area (Å²) in [4.78, 5) is 15.8. The molecule has 2 aromatic heterocycles. The molecule has 9 heteroatoms. The smallest absolute Gasteiger partial charge is 0.378 e. The van der Waals surface area contributed by atoms with Crippen LogP contribution in [-0.4, -0.2) is 42.9 Å². The van der Waals surface area contributed by atoms with Crippen LogP contribution in [0.15, 0.2) is 4.52 Å². The van der Waals surface area contributed by atoms with Crippen molar-refractivity contribution in [3.05, 3.63) is 17.5 Å². The van der Waals surface area contributed by atoms with Crippen LogP contribution in [0.1, 0.15) is 43.1 Å². The summed E-state index contributed by atoms with van der Waals surface area (Å²) < 4.78 is 11.2. The summed E-state index contributed by atoms with van der Waals surface area (Å²) in [6.07, 6.45) is 0.702. The Labute approximate surface area is 115 Å². The maximum absolute atomic E-state index is 11.6. The Morgan fingerprint density at radius 1 is 1.45 bits per heavy atom. The number of hydrogen-bond donors (Lipinski definition) is 0. The lowest BCUT2D eigenvalue weighted by Gasteiger charge is -2.01. The van der Waals surface area contributed by atoms with E-state index in [0.29, 0.717) is 24.1 Å². The lowest BCUT2D eigenvalue weighted by atomic mass is 10.1. The van der Waals surface area contributed by atoms with Crippen molar-refractivity contribution < 1.29 is 14.1 Å². The Morgan fingerprint density at radius 2 is 2.25 bits per heavy atom.